The molecule has 0 fully saturated rings. The Bertz CT molecular complexity index is 523. The van der Waals surface area contributed by atoms with Crippen LogP contribution in [0.5, 0.6) is 0 Å². The Balaban J connectivity index is 2.69. The van der Waals surface area contributed by atoms with Gasteiger partial charge in [-0.05, 0) is 19.5 Å². The van der Waals surface area contributed by atoms with Crippen LogP contribution in [0.25, 0.3) is 0 Å². The first-order valence-electron chi connectivity index (χ1n) is 6.44. The zero-order valence-corrected chi connectivity index (χ0v) is 13.3. The summed E-state index contributed by atoms with van der Waals surface area (Å²) in [7, 11) is 0.347. The van der Waals surface area contributed by atoms with Crippen molar-refractivity contribution < 1.29 is 13.5 Å². The lowest BCUT2D eigenvalue weighted by atomic mass is 9.93. The number of nitrogens with zero attached hydrogens (tertiary/aromatic N) is 3. The van der Waals surface area contributed by atoms with E-state index in [-0.39, 0.29) is 23.5 Å². The smallest absolute Gasteiger partial charge is 0.243 e. The molecule has 8 heteroatoms. The molecule has 7 nitrogen and oxygen atoms in total. The average molecular weight is 304 g/mol. The maximum Gasteiger partial charge on any atom is 0.243 e. The second kappa shape index (κ2) is 6.66. The van der Waals surface area contributed by atoms with Gasteiger partial charge in [0.2, 0.25) is 10.0 Å². The lowest BCUT2D eigenvalue weighted by Gasteiger charge is -2.28. The molecule has 0 radical (unpaired) electrons. The van der Waals surface area contributed by atoms with Crippen LogP contribution >= 0.6 is 0 Å². The van der Waals surface area contributed by atoms with Crippen LogP contribution in [0.1, 0.15) is 13.8 Å². The number of aliphatic hydroxyl groups is 1. The fourth-order valence-corrected chi connectivity index (χ4v) is 3.19. The maximum atomic E-state index is 12.1. The fraction of sp³-hybridized carbons (Fsp3) is 0.750. The number of hydrogen-bond donors (Lipinski definition) is 2. The molecule has 0 unspecified atom stereocenters. The van der Waals surface area contributed by atoms with E-state index in [4.69, 9.17) is 5.11 Å². The Morgan fingerprint density at radius 2 is 2.10 bits per heavy atom. The Kier molecular flexibility index (Phi) is 5.69. The van der Waals surface area contributed by atoms with Gasteiger partial charge in [-0.25, -0.2) is 13.1 Å². The highest BCUT2D eigenvalue weighted by Gasteiger charge is 2.23. The van der Waals surface area contributed by atoms with E-state index >= 15 is 0 Å². The summed E-state index contributed by atoms with van der Waals surface area (Å²) in [6.07, 6.45) is 2.70. The molecule has 0 aromatic carbocycles. The van der Waals surface area contributed by atoms with Gasteiger partial charge in [0.05, 0.1) is 19.3 Å². The van der Waals surface area contributed by atoms with Gasteiger partial charge in [0.1, 0.15) is 4.90 Å². The summed E-state index contributed by atoms with van der Waals surface area (Å²) in [6.45, 7) is 5.33. The molecule has 20 heavy (non-hydrogen) atoms. The zero-order valence-electron chi connectivity index (χ0n) is 12.5. The van der Waals surface area contributed by atoms with Crippen molar-refractivity contribution in [2.24, 2.45) is 5.41 Å². The Hall–Kier alpha value is -0.960. The van der Waals surface area contributed by atoms with Gasteiger partial charge in [-0.2, -0.15) is 5.10 Å². The molecule has 1 rings (SSSR count). The Labute approximate surface area is 120 Å². The molecule has 0 atom stereocenters. The van der Waals surface area contributed by atoms with E-state index in [2.05, 4.69) is 9.82 Å². The first kappa shape index (κ1) is 17.1. The SMILES string of the molecule is CN(C)CC(C)(C)CNS(=O)(=O)c1cnn(CCO)c1. The van der Waals surface area contributed by atoms with Crippen molar-refractivity contribution >= 4 is 10.0 Å². The topological polar surface area (TPSA) is 87.5 Å². The molecule has 1 aromatic rings. The van der Waals surface area contributed by atoms with Gasteiger partial charge in [0.25, 0.3) is 0 Å². The molecule has 0 aliphatic rings. The van der Waals surface area contributed by atoms with Crippen LogP contribution in [-0.2, 0) is 16.6 Å². The maximum absolute atomic E-state index is 12.1. The van der Waals surface area contributed by atoms with E-state index in [1.807, 2.05) is 32.8 Å². The molecule has 0 amide bonds. The number of aromatic nitrogens is 2. The summed E-state index contributed by atoms with van der Waals surface area (Å²) in [4.78, 5) is 2.14. The molecule has 1 aromatic heterocycles. The predicted octanol–water partition coefficient (Wildman–Crippen LogP) is -0.258. The molecule has 0 spiro atoms. The quantitative estimate of drug-likeness (QED) is 0.691. The summed E-state index contributed by atoms with van der Waals surface area (Å²) in [6, 6.07) is 0. The van der Waals surface area contributed by atoms with E-state index < -0.39 is 10.0 Å². The van der Waals surface area contributed by atoms with Gasteiger partial charge < -0.3 is 10.0 Å². The van der Waals surface area contributed by atoms with E-state index in [9.17, 15) is 8.42 Å². The first-order chi connectivity index (χ1) is 9.16. The molecule has 0 bridgehead atoms. The van der Waals surface area contributed by atoms with Crippen LogP contribution in [0.4, 0.5) is 0 Å². The molecule has 0 aliphatic heterocycles. The lowest BCUT2D eigenvalue weighted by molar-refractivity contribution is 0.242. The van der Waals surface area contributed by atoms with Crippen LogP contribution in [-0.4, -0.2) is 62.0 Å². The van der Waals surface area contributed by atoms with Gasteiger partial charge in [-0.15, -0.1) is 0 Å². The van der Waals surface area contributed by atoms with Crippen molar-refractivity contribution in [2.45, 2.75) is 25.3 Å². The summed E-state index contributed by atoms with van der Waals surface area (Å²) >= 11 is 0. The number of sulfonamides is 1. The van der Waals surface area contributed by atoms with Crippen LogP contribution < -0.4 is 4.72 Å². The van der Waals surface area contributed by atoms with Gasteiger partial charge in [0, 0.05) is 19.3 Å². The van der Waals surface area contributed by atoms with Gasteiger partial charge >= 0.3 is 0 Å². The Morgan fingerprint density at radius 3 is 2.65 bits per heavy atom. The molecule has 116 valence electrons. The zero-order chi connectivity index (χ0) is 15.4. The molecule has 1 heterocycles. The summed E-state index contributed by atoms with van der Waals surface area (Å²) in [5, 5.41) is 12.7. The van der Waals surface area contributed by atoms with Gasteiger partial charge in [-0.1, -0.05) is 13.8 Å². The fourth-order valence-electron chi connectivity index (χ4n) is 1.99. The number of aliphatic hydroxyl groups excluding tert-OH is 1. The standard InChI is InChI=1S/C12H24N4O3S/c1-12(2,10-15(3)4)9-14-20(18,19)11-7-13-16(8-11)5-6-17/h7-8,14,17H,5-6,9-10H2,1-4H3. The van der Waals surface area contributed by atoms with Crippen molar-refractivity contribution in [1.82, 2.24) is 19.4 Å². The van der Waals surface area contributed by atoms with Crippen molar-refractivity contribution in [1.29, 1.82) is 0 Å². The van der Waals surface area contributed by atoms with E-state index in [1.165, 1.54) is 17.1 Å². The molecule has 0 aliphatic carbocycles. The summed E-state index contributed by atoms with van der Waals surface area (Å²) in [5.74, 6) is 0. The third kappa shape index (κ3) is 5.20. The summed E-state index contributed by atoms with van der Waals surface area (Å²) < 4.78 is 28.3. The molecular formula is C12H24N4O3S. The second-order valence-electron chi connectivity index (χ2n) is 5.89. The highest BCUT2D eigenvalue weighted by Crippen LogP contribution is 2.16. The van der Waals surface area contributed by atoms with Crippen LogP contribution in [0.15, 0.2) is 17.3 Å². The van der Waals surface area contributed by atoms with Crippen molar-refractivity contribution in [3.63, 3.8) is 0 Å². The number of hydrogen-bond acceptors (Lipinski definition) is 5. The lowest BCUT2D eigenvalue weighted by Crippen LogP contribution is -2.39. The van der Waals surface area contributed by atoms with E-state index in [0.717, 1.165) is 6.54 Å². The molecule has 2 N–H and O–H groups in total. The first-order valence-corrected chi connectivity index (χ1v) is 7.92. The minimum atomic E-state index is -3.56. The van der Waals surface area contributed by atoms with Crippen molar-refractivity contribution in [3.8, 4) is 0 Å². The molecule has 0 saturated heterocycles. The second-order valence-corrected chi connectivity index (χ2v) is 7.66. The third-order valence-corrected chi connectivity index (χ3v) is 4.09. The van der Waals surface area contributed by atoms with Crippen LogP contribution in [0.3, 0.4) is 0 Å². The van der Waals surface area contributed by atoms with E-state index in [1.54, 1.807) is 0 Å². The van der Waals surface area contributed by atoms with E-state index in [0.29, 0.717) is 6.54 Å². The minimum absolute atomic E-state index is 0.0789. The largest absolute Gasteiger partial charge is 0.394 e. The normalized spacial score (nSPS) is 13.1. The third-order valence-electron chi connectivity index (χ3n) is 2.73. The number of nitrogens with one attached hydrogen (secondary N) is 1. The number of rotatable bonds is 8. The van der Waals surface area contributed by atoms with Crippen LogP contribution in [0, 0.1) is 5.41 Å². The summed E-state index contributed by atoms with van der Waals surface area (Å²) in [5.41, 5.74) is -0.169. The predicted molar refractivity (Wildman–Crippen MR) is 76.8 cm³/mol. The monoisotopic (exact) mass is 304 g/mol. The highest BCUT2D eigenvalue weighted by molar-refractivity contribution is 7.89. The van der Waals surface area contributed by atoms with Gasteiger partial charge in [0.15, 0.2) is 0 Å². The minimum Gasteiger partial charge on any atom is -0.394 e. The van der Waals surface area contributed by atoms with Crippen molar-refractivity contribution in [3.05, 3.63) is 12.4 Å². The Morgan fingerprint density at radius 1 is 1.45 bits per heavy atom. The highest BCUT2D eigenvalue weighted by atomic mass is 32.2. The average Bonchev–Trinajstić information content (AvgIpc) is 2.75. The molecule has 0 saturated carbocycles. The van der Waals surface area contributed by atoms with Crippen LogP contribution in [0.2, 0.25) is 0 Å². The molecular weight excluding hydrogens is 280 g/mol. The van der Waals surface area contributed by atoms with Crippen molar-refractivity contribution in [2.75, 3.05) is 33.8 Å². The van der Waals surface area contributed by atoms with Gasteiger partial charge in [-0.3, -0.25) is 4.68 Å².